The Morgan fingerprint density at radius 1 is 0.333 bits per heavy atom. The molecule has 1 atom stereocenters. The molecule has 6 nitrogen and oxygen atoms in total. The molecular weight excluding hydrogens is 781 g/mol. The molecule has 0 fully saturated rings. The van der Waals surface area contributed by atoms with Crippen LogP contribution in [0.25, 0.3) is 0 Å². The Balaban J connectivity index is 4.14. The number of carbonyl (C=O) groups excluding carboxylic acids is 3. The van der Waals surface area contributed by atoms with E-state index in [-0.39, 0.29) is 31.1 Å². The van der Waals surface area contributed by atoms with Gasteiger partial charge in [0.25, 0.3) is 0 Å². The van der Waals surface area contributed by atoms with E-state index in [9.17, 15) is 14.4 Å². The summed E-state index contributed by atoms with van der Waals surface area (Å²) in [6.07, 6.45) is 61.7. The van der Waals surface area contributed by atoms with Crippen LogP contribution >= 0.6 is 0 Å². The fourth-order valence-corrected chi connectivity index (χ4v) is 8.05. The molecule has 0 aromatic carbocycles. The summed E-state index contributed by atoms with van der Waals surface area (Å²) < 4.78 is 16.7. The summed E-state index contributed by atoms with van der Waals surface area (Å²) in [7, 11) is 0. The van der Waals surface area contributed by atoms with E-state index in [1.807, 2.05) is 0 Å². The van der Waals surface area contributed by atoms with Gasteiger partial charge in [0.05, 0.1) is 0 Å². The number of allylic oxidation sites excluding steroid dienone is 6. The predicted octanol–water partition coefficient (Wildman–Crippen LogP) is 18.1. The van der Waals surface area contributed by atoms with E-state index >= 15 is 0 Å². The largest absolute Gasteiger partial charge is 0.462 e. The van der Waals surface area contributed by atoms with Crippen molar-refractivity contribution in [3.05, 3.63) is 36.5 Å². The number of ether oxygens (including phenoxy) is 3. The van der Waals surface area contributed by atoms with Crippen molar-refractivity contribution in [2.75, 3.05) is 13.2 Å². The van der Waals surface area contributed by atoms with Gasteiger partial charge in [0.15, 0.2) is 6.10 Å². The van der Waals surface area contributed by atoms with Crippen LogP contribution in [0.5, 0.6) is 0 Å². The monoisotopic (exact) mass is 885 g/mol. The van der Waals surface area contributed by atoms with Crippen molar-refractivity contribution in [3.63, 3.8) is 0 Å². The van der Waals surface area contributed by atoms with Gasteiger partial charge in [-0.05, 0) is 51.4 Å². The Labute approximate surface area is 391 Å². The SMILES string of the molecule is CC/C=C\C/C=C\C/C=C\CCCCCC(=O)OC(COC(=O)CCCCCCCCCC)COC(=O)CCCCCCCCCCCCCCCCCCCCCCCCCC. The number of rotatable bonds is 50. The van der Waals surface area contributed by atoms with Gasteiger partial charge in [-0.2, -0.15) is 0 Å². The average Bonchev–Trinajstić information content (AvgIpc) is 3.28. The van der Waals surface area contributed by atoms with Crippen molar-refractivity contribution >= 4 is 17.9 Å². The van der Waals surface area contributed by atoms with Crippen LogP contribution in [0.1, 0.15) is 290 Å². The molecule has 0 radical (unpaired) electrons. The molecule has 1 unspecified atom stereocenters. The Hall–Kier alpha value is -2.37. The summed E-state index contributed by atoms with van der Waals surface area (Å²) in [5.41, 5.74) is 0. The van der Waals surface area contributed by atoms with Crippen molar-refractivity contribution in [3.8, 4) is 0 Å². The van der Waals surface area contributed by atoms with E-state index in [0.717, 1.165) is 83.5 Å². The van der Waals surface area contributed by atoms with Crippen LogP contribution in [0.4, 0.5) is 0 Å². The van der Waals surface area contributed by atoms with Gasteiger partial charge in [-0.15, -0.1) is 0 Å². The average molecular weight is 885 g/mol. The minimum Gasteiger partial charge on any atom is -0.462 e. The Morgan fingerprint density at radius 3 is 0.968 bits per heavy atom. The van der Waals surface area contributed by atoms with Gasteiger partial charge in [-0.3, -0.25) is 14.4 Å². The molecule has 0 aliphatic rings. The second-order valence-electron chi connectivity index (χ2n) is 18.5. The molecule has 0 rings (SSSR count). The first kappa shape index (κ1) is 60.6. The van der Waals surface area contributed by atoms with Crippen LogP contribution in [0.15, 0.2) is 36.5 Å². The highest BCUT2D eigenvalue weighted by Gasteiger charge is 2.19. The molecule has 0 bridgehead atoms. The van der Waals surface area contributed by atoms with Crippen LogP contribution in [-0.4, -0.2) is 37.2 Å². The van der Waals surface area contributed by atoms with Crippen molar-refractivity contribution in [1.82, 2.24) is 0 Å². The molecule has 0 saturated heterocycles. The first-order valence-corrected chi connectivity index (χ1v) is 27.5. The third-order valence-corrected chi connectivity index (χ3v) is 12.2. The van der Waals surface area contributed by atoms with Gasteiger partial charge in [0.1, 0.15) is 13.2 Å². The Kier molecular flexibility index (Phi) is 50.3. The zero-order chi connectivity index (χ0) is 45.8. The van der Waals surface area contributed by atoms with Gasteiger partial charge in [0, 0.05) is 19.3 Å². The molecule has 63 heavy (non-hydrogen) atoms. The van der Waals surface area contributed by atoms with Crippen LogP contribution < -0.4 is 0 Å². The molecule has 0 amide bonds. The van der Waals surface area contributed by atoms with E-state index < -0.39 is 6.10 Å². The molecule has 0 aromatic rings. The third-order valence-electron chi connectivity index (χ3n) is 12.2. The highest BCUT2D eigenvalue weighted by molar-refractivity contribution is 5.71. The van der Waals surface area contributed by atoms with Crippen LogP contribution in [-0.2, 0) is 28.6 Å². The van der Waals surface area contributed by atoms with E-state index in [2.05, 4.69) is 57.2 Å². The van der Waals surface area contributed by atoms with E-state index in [1.54, 1.807) is 0 Å². The molecule has 0 spiro atoms. The van der Waals surface area contributed by atoms with Crippen LogP contribution in [0.3, 0.4) is 0 Å². The quantitative estimate of drug-likeness (QED) is 0.0262. The van der Waals surface area contributed by atoms with Gasteiger partial charge in [-0.25, -0.2) is 0 Å². The predicted molar refractivity (Wildman–Crippen MR) is 270 cm³/mol. The molecule has 0 saturated carbocycles. The summed E-state index contributed by atoms with van der Waals surface area (Å²) >= 11 is 0. The maximum absolute atomic E-state index is 12.7. The van der Waals surface area contributed by atoms with Crippen LogP contribution in [0, 0.1) is 0 Å². The molecule has 0 aromatic heterocycles. The third kappa shape index (κ3) is 50.5. The lowest BCUT2D eigenvalue weighted by Crippen LogP contribution is -2.30. The lowest BCUT2D eigenvalue weighted by molar-refractivity contribution is -0.167. The molecule has 6 heteroatoms. The maximum Gasteiger partial charge on any atom is 0.306 e. The fourth-order valence-electron chi connectivity index (χ4n) is 8.05. The summed E-state index contributed by atoms with van der Waals surface area (Å²) in [5, 5.41) is 0. The molecule has 0 heterocycles. The number of carbonyl (C=O) groups is 3. The fraction of sp³-hybridized carbons (Fsp3) is 0.842. The highest BCUT2D eigenvalue weighted by atomic mass is 16.6. The van der Waals surface area contributed by atoms with E-state index in [0.29, 0.717) is 19.3 Å². The van der Waals surface area contributed by atoms with E-state index in [1.165, 1.54) is 167 Å². The normalized spacial score (nSPS) is 12.2. The van der Waals surface area contributed by atoms with Gasteiger partial charge < -0.3 is 14.2 Å². The lowest BCUT2D eigenvalue weighted by Gasteiger charge is -2.18. The Bertz CT molecular complexity index is 1060. The van der Waals surface area contributed by atoms with Crippen molar-refractivity contribution < 1.29 is 28.6 Å². The van der Waals surface area contributed by atoms with Crippen molar-refractivity contribution in [2.45, 2.75) is 297 Å². The summed E-state index contributed by atoms with van der Waals surface area (Å²) in [6.45, 7) is 6.50. The second-order valence-corrected chi connectivity index (χ2v) is 18.5. The number of unbranched alkanes of at least 4 members (excludes halogenated alkanes) is 33. The van der Waals surface area contributed by atoms with Crippen LogP contribution in [0.2, 0.25) is 0 Å². The summed E-state index contributed by atoms with van der Waals surface area (Å²) in [4.78, 5) is 37.8. The number of esters is 3. The highest BCUT2D eigenvalue weighted by Crippen LogP contribution is 2.17. The van der Waals surface area contributed by atoms with Gasteiger partial charge >= 0.3 is 17.9 Å². The number of hydrogen-bond acceptors (Lipinski definition) is 6. The Morgan fingerprint density at radius 2 is 0.619 bits per heavy atom. The van der Waals surface area contributed by atoms with Gasteiger partial charge in [-0.1, -0.05) is 256 Å². The first-order chi connectivity index (χ1) is 31.0. The smallest absolute Gasteiger partial charge is 0.306 e. The molecular formula is C57H104O6. The summed E-state index contributed by atoms with van der Waals surface area (Å²) in [6, 6.07) is 0. The standard InChI is InChI=1S/C57H104O6/c1-4-7-10-13-16-19-21-23-24-25-26-27-28-29-30-31-32-33-35-36-38-41-44-47-50-56(59)62-53-54(52-61-55(58)49-46-43-40-18-15-12-9-6-3)63-57(60)51-48-45-42-39-37-34-22-20-17-14-11-8-5-2/h8,11,17,20,34,37,54H,4-7,9-10,12-16,18-19,21-33,35-36,38-53H2,1-3H3/b11-8-,20-17-,37-34-. The topological polar surface area (TPSA) is 78.9 Å². The molecule has 368 valence electrons. The minimum atomic E-state index is -0.781. The zero-order valence-corrected chi connectivity index (χ0v) is 42.1. The molecule has 0 N–H and O–H groups in total. The first-order valence-electron chi connectivity index (χ1n) is 27.5. The minimum absolute atomic E-state index is 0.0802. The molecule has 0 aliphatic carbocycles. The van der Waals surface area contributed by atoms with Crippen molar-refractivity contribution in [1.29, 1.82) is 0 Å². The lowest BCUT2D eigenvalue weighted by atomic mass is 10.0. The summed E-state index contributed by atoms with van der Waals surface area (Å²) in [5.74, 6) is -0.902. The van der Waals surface area contributed by atoms with Gasteiger partial charge in [0.2, 0.25) is 0 Å². The number of hydrogen-bond donors (Lipinski definition) is 0. The molecule has 0 aliphatic heterocycles. The zero-order valence-electron chi connectivity index (χ0n) is 42.1. The maximum atomic E-state index is 12.7. The van der Waals surface area contributed by atoms with Crippen molar-refractivity contribution in [2.24, 2.45) is 0 Å². The van der Waals surface area contributed by atoms with E-state index in [4.69, 9.17) is 14.2 Å². The second kappa shape index (κ2) is 52.3.